The Labute approximate surface area is 160 Å². The zero-order chi connectivity index (χ0) is 18.1. The van der Waals surface area contributed by atoms with E-state index in [9.17, 15) is 0 Å². The molecule has 27 heavy (non-hydrogen) atoms. The molecule has 0 spiro atoms. The van der Waals surface area contributed by atoms with E-state index < -0.39 is 0 Å². The van der Waals surface area contributed by atoms with Gasteiger partial charge >= 0.3 is 0 Å². The van der Waals surface area contributed by atoms with Crippen molar-refractivity contribution in [2.24, 2.45) is 10.9 Å². The molecule has 1 aromatic heterocycles. The number of hydrogen-bond acceptors (Lipinski definition) is 7. The molecule has 3 aliphatic heterocycles. The summed E-state index contributed by atoms with van der Waals surface area (Å²) in [5.41, 5.74) is 1.35. The maximum Gasteiger partial charge on any atom is 0.249 e. The van der Waals surface area contributed by atoms with E-state index in [0.29, 0.717) is 12.0 Å². The summed E-state index contributed by atoms with van der Waals surface area (Å²) in [6, 6.07) is 0.441. The second-order valence-corrected chi connectivity index (χ2v) is 8.03. The minimum absolute atomic E-state index is 0.441. The average molecular weight is 374 g/mol. The second kappa shape index (κ2) is 7.85. The van der Waals surface area contributed by atoms with Crippen LogP contribution in [0, 0.1) is 5.92 Å². The van der Waals surface area contributed by atoms with Gasteiger partial charge in [0, 0.05) is 43.9 Å². The summed E-state index contributed by atoms with van der Waals surface area (Å²) in [6.07, 6.45) is 6.33. The fourth-order valence-corrected chi connectivity index (χ4v) is 4.83. The Morgan fingerprint density at radius 2 is 1.59 bits per heavy atom. The van der Waals surface area contributed by atoms with Gasteiger partial charge in [0.15, 0.2) is 0 Å². The van der Waals surface area contributed by atoms with Gasteiger partial charge in [-0.25, -0.2) is 9.67 Å². The fourth-order valence-electron chi connectivity index (χ4n) is 4.83. The lowest BCUT2D eigenvalue weighted by atomic mass is 9.84. The van der Waals surface area contributed by atoms with Gasteiger partial charge in [-0.1, -0.05) is 19.3 Å². The molecule has 1 aromatic rings. The molecule has 0 N–H and O–H groups in total. The third-order valence-electron chi connectivity index (χ3n) is 6.33. The number of hydrogen-bond donors (Lipinski definition) is 0. The Kier molecular flexibility index (Phi) is 5.11. The van der Waals surface area contributed by atoms with Gasteiger partial charge in [-0.05, 0) is 12.8 Å². The molecule has 8 heteroatoms. The van der Waals surface area contributed by atoms with E-state index in [4.69, 9.17) is 24.5 Å². The third kappa shape index (κ3) is 3.62. The summed E-state index contributed by atoms with van der Waals surface area (Å²) in [6.45, 7) is 7.86. The van der Waals surface area contributed by atoms with Crippen molar-refractivity contribution in [2.45, 2.75) is 44.7 Å². The smallest absolute Gasteiger partial charge is 0.249 e. The monoisotopic (exact) mass is 374 g/mol. The zero-order valence-electron chi connectivity index (χ0n) is 16.1. The Morgan fingerprint density at radius 1 is 0.852 bits per heavy atom. The van der Waals surface area contributed by atoms with Crippen LogP contribution >= 0.6 is 0 Å². The molecule has 148 valence electrons. The summed E-state index contributed by atoms with van der Waals surface area (Å²) >= 11 is 0. The predicted molar refractivity (Wildman–Crippen MR) is 103 cm³/mol. The van der Waals surface area contributed by atoms with Gasteiger partial charge in [0.2, 0.25) is 11.9 Å². The number of morpholine rings is 2. The maximum absolute atomic E-state index is 5.59. The number of aliphatic imine (C=N–C) groups is 1. The fraction of sp³-hybridized carbons (Fsp3) is 0.842. The lowest BCUT2D eigenvalue weighted by Gasteiger charge is -2.39. The molecule has 2 saturated heterocycles. The SMILES string of the molecule is C1CCC2Cn3nc(N4CCOCC4)nc3N=C2C(N2CCOCC2)CC1. The van der Waals surface area contributed by atoms with Crippen LogP contribution in [0.3, 0.4) is 0 Å². The molecule has 1 saturated carbocycles. The number of anilines is 1. The molecule has 3 fully saturated rings. The molecule has 0 radical (unpaired) electrons. The van der Waals surface area contributed by atoms with Gasteiger partial charge in [-0.15, -0.1) is 5.10 Å². The summed E-state index contributed by atoms with van der Waals surface area (Å²) in [7, 11) is 0. The van der Waals surface area contributed by atoms with Crippen LogP contribution in [-0.2, 0) is 16.0 Å². The van der Waals surface area contributed by atoms with Crippen LogP contribution in [0.15, 0.2) is 4.99 Å². The van der Waals surface area contributed by atoms with Crippen LogP contribution in [0.5, 0.6) is 0 Å². The van der Waals surface area contributed by atoms with Crippen molar-refractivity contribution in [2.75, 3.05) is 57.5 Å². The van der Waals surface area contributed by atoms with Crippen LogP contribution in [0.25, 0.3) is 0 Å². The molecular formula is C19H30N6O2. The second-order valence-electron chi connectivity index (χ2n) is 8.03. The maximum atomic E-state index is 5.59. The number of nitrogens with zero attached hydrogens (tertiary/aromatic N) is 6. The molecule has 4 aliphatic rings. The highest BCUT2D eigenvalue weighted by atomic mass is 16.5. The largest absolute Gasteiger partial charge is 0.379 e. The van der Waals surface area contributed by atoms with Crippen molar-refractivity contribution in [3.63, 3.8) is 0 Å². The first-order chi connectivity index (χ1) is 13.4. The first-order valence-electron chi connectivity index (χ1n) is 10.6. The standard InChI is InChI=1S/C19H30N6O2/c1-2-4-15-14-25-18(21-19(22-25)24-8-12-27-13-9-24)20-17(15)16(5-3-1)23-6-10-26-11-7-23/h15-16H,1-14H2. The Bertz CT molecular complexity index is 678. The molecule has 4 heterocycles. The predicted octanol–water partition coefficient (Wildman–Crippen LogP) is 1.48. The molecule has 0 aromatic carbocycles. The van der Waals surface area contributed by atoms with E-state index in [0.717, 1.165) is 71.0 Å². The van der Waals surface area contributed by atoms with Gasteiger partial charge in [-0.2, -0.15) is 4.98 Å². The first-order valence-corrected chi connectivity index (χ1v) is 10.6. The first kappa shape index (κ1) is 17.6. The summed E-state index contributed by atoms with van der Waals surface area (Å²) in [5, 5.41) is 4.79. The van der Waals surface area contributed by atoms with E-state index in [1.54, 1.807) is 0 Å². The third-order valence-corrected chi connectivity index (χ3v) is 6.33. The molecule has 0 bridgehead atoms. The Hall–Kier alpha value is -1.51. The topological polar surface area (TPSA) is 68.0 Å². The van der Waals surface area contributed by atoms with Crippen molar-refractivity contribution in [3.8, 4) is 0 Å². The number of ether oxygens (including phenoxy) is 2. The van der Waals surface area contributed by atoms with E-state index in [2.05, 4.69) is 9.80 Å². The van der Waals surface area contributed by atoms with Crippen LogP contribution in [-0.4, -0.2) is 84.0 Å². The summed E-state index contributed by atoms with van der Waals surface area (Å²) in [4.78, 5) is 14.7. The quantitative estimate of drug-likeness (QED) is 0.781. The minimum atomic E-state index is 0.441. The summed E-state index contributed by atoms with van der Waals surface area (Å²) < 4.78 is 13.1. The normalized spacial score (nSPS) is 30.1. The van der Waals surface area contributed by atoms with Crippen molar-refractivity contribution in [1.29, 1.82) is 0 Å². The van der Waals surface area contributed by atoms with Crippen molar-refractivity contribution in [3.05, 3.63) is 0 Å². The number of aromatic nitrogens is 3. The minimum Gasteiger partial charge on any atom is -0.379 e. The zero-order valence-corrected chi connectivity index (χ0v) is 16.1. The Balaban J connectivity index is 1.44. The lowest BCUT2D eigenvalue weighted by Crippen LogP contribution is -2.50. The molecule has 1 aliphatic carbocycles. The van der Waals surface area contributed by atoms with Gasteiger partial charge in [0.05, 0.1) is 33.0 Å². The molecule has 2 atom stereocenters. The van der Waals surface area contributed by atoms with Crippen molar-refractivity contribution < 1.29 is 9.47 Å². The van der Waals surface area contributed by atoms with Crippen molar-refractivity contribution >= 4 is 17.6 Å². The molecule has 8 nitrogen and oxygen atoms in total. The summed E-state index contributed by atoms with van der Waals surface area (Å²) in [5.74, 6) is 2.10. The van der Waals surface area contributed by atoms with E-state index in [-0.39, 0.29) is 0 Å². The van der Waals surface area contributed by atoms with Gasteiger partial charge in [-0.3, -0.25) is 4.90 Å². The van der Waals surface area contributed by atoms with E-state index in [1.165, 1.54) is 37.8 Å². The molecule has 0 amide bonds. The van der Waals surface area contributed by atoms with Crippen LogP contribution < -0.4 is 4.90 Å². The number of rotatable bonds is 2. The van der Waals surface area contributed by atoms with Crippen LogP contribution in [0.2, 0.25) is 0 Å². The lowest BCUT2D eigenvalue weighted by molar-refractivity contribution is 0.0257. The van der Waals surface area contributed by atoms with Gasteiger partial charge in [0.25, 0.3) is 0 Å². The van der Waals surface area contributed by atoms with Crippen LogP contribution in [0.1, 0.15) is 32.1 Å². The number of fused-ring (bicyclic) bond motifs is 2. The molecular weight excluding hydrogens is 344 g/mol. The Morgan fingerprint density at radius 3 is 2.41 bits per heavy atom. The molecule has 2 unspecified atom stereocenters. The van der Waals surface area contributed by atoms with Gasteiger partial charge in [0.1, 0.15) is 0 Å². The van der Waals surface area contributed by atoms with E-state index >= 15 is 0 Å². The van der Waals surface area contributed by atoms with Gasteiger partial charge < -0.3 is 14.4 Å². The highest BCUT2D eigenvalue weighted by Crippen LogP contribution is 2.32. The highest BCUT2D eigenvalue weighted by Gasteiger charge is 2.35. The average Bonchev–Trinajstić information content (AvgIpc) is 3.12. The van der Waals surface area contributed by atoms with Crippen LogP contribution in [0.4, 0.5) is 11.9 Å². The highest BCUT2D eigenvalue weighted by molar-refractivity contribution is 5.94. The molecule has 5 rings (SSSR count). The van der Waals surface area contributed by atoms with Crippen molar-refractivity contribution in [1.82, 2.24) is 19.7 Å². The van der Waals surface area contributed by atoms with E-state index in [1.807, 2.05) is 4.68 Å².